The second kappa shape index (κ2) is 2.81. The minimum atomic E-state index is -4.84. The Morgan fingerprint density at radius 2 is 2.23 bits per heavy atom. The number of rotatable bonds is 0. The van der Waals surface area contributed by atoms with Gasteiger partial charge in [0.15, 0.2) is 5.11 Å². The summed E-state index contributed by atoms with van der Waals surface area (Å²) in [5, 5.41) is 12.0. The molecule has 8 heteroatoms. The lowest BCUT2D eigenvalue weighted by Gasteiger charge is -2.32. The molecule has 0 unspecified atom stereocenters. The van der Waals surface area contributed by atoms with Gasteiger partial charge in [0.1, 0.15) is 0 Å². The van der Waals surface area contributed by atoms with Crippen LogP contribution in [0.5, 0.6) is 0 Å². The van der Waals surface area contributed by atoms with Crippen LogP contribution in [0.15, 0.2) is 5.10 Å². The highest BCUT2D eigenvalue weighted by Gasteiger charge is 2.60. The molecular weight excluding hydrogens is 207 g/mol. The number of hydrogen-bond acceptors (Lipinski definition) is 3. The Bertz CT molecular complexity index is 266. The van der Waals surface area contributed by atoms with Crippen molar-refractivity contribution < 1.29 is 18.3 Å². The van der Waals surface area contributed by atoms with Crippen molar-refractivity contribution in [1.82, 2.24) is 5.01 Å². The number of hydrazone groups is 1. The zero-order chi connectivity index (χ0) is 10.3. The predicted octanol–water partition coefficient (Wildman–Crippen LogP) is 0.172. The Kier molecular flexibility index (Phi) is 2.20. The van der Waals surface area contributed by atoms with Crippen LogP contribution in [0.3, 0.4) is 0 Å². The molecule has 4 nitrogen and oxygen atoms in total. The molecule has 0 radical (unpaired) electrons. The third kappa shape index (κ3) is 1.46. The molecule has 0 amide bonds. The van der Waals surface area contributed by atoms with Crippen molar-refractivity contribution in [2.45, 2.75) is 18.3 Å². The van der Waals surface area contributed by atoms with Crippen LogP contribution in [0, 0.1) is 0 Å². The molecular formula is C5H6F3N3OS. The van der Waals surface area contributed by atoms with E-state index in [0.717, 1.165) is 6.21 Å². The van der Waals surface area contributed by atoms with Crippen LogP contribution in [0.2, 0.25) is 0 Å². The van der Waals surface area contributed by atoms with Crippen molar-refractivity contribution in [2.24, 2.45) is 10.8 Å². The number of hydrogen-bond donors (Lipinski definition) is 2. The van der Waals surface area contributed by atoms with Crippen LogP contribution < -0.4 is 5.73 Å². The summed E-state index contributed by atoms with van der Waals surface area (Å²) in [7, 11) is 0. The van der Waals surface area contributed by atoms with E-state index in [0.29, 0.717) is 0 Å². The fraction of sp³-hybridized carbons (Fsp3) is 0.600. The molecule has 0 saturated heterocycles. The van der Waals surface area contributed by atoms with Crippen molar-refractivity contribution >= 4 is 23.5 Å². The van der Waals surface area contributed by atoms with Crippen LogP contribution in [0.1, 0.15) is 6.42 Å². The second-order valence-electron chi connectivity index (χ2n) is 2.47. The van der Waals surface area contributed by atoms with Gasteiger partial charge in [0.25, 0.3) is 5.72 Å². The molecule has 0 aromatic carbocycles. The van der Waals surface area contributed by atoms with Gasteiger partial charge in [0.2, 0.25) is 0 Å². The Labute approximate surface area is 76.8 Å². The van der Waals surface area contributed by atoms with Crippen LogP contribution in [0.4, 0.5) is 13.2 Å². The fourth-order valence-corrected chi connectivity index (χ4v) is 1.10. The van der Waals surface area contributed by atoms with Gasteiger partial charge in [-0.05, 0) is 12.2 Å². The fourth-order valence-electron chi connectivity index (χ4n) is 0.907. The van der Waals surface area contributed by atoms with Gasteiger partial charge in [-0.25, -0.2) is 0 Å². The number of aliphatic hydroxyl groups is 1. The summed E-state index contributed by atoms with van der Waals surface area (Å²) in [5.41, 5.74) is 1.87. The molecule has 0 spiro atoms. The molecule has 13 heavy (non-hydrogen) atoms. The Morgan fingerprint density at radius 3 is 2.54 bits per heavy atom. The van der Waals surface area contributed by atoms with E-state index in [9.17, 15) is 13.2 Å². The van der Waals surface area contributed by atoms with E-state index < -0.39 is 23.4 Å². The average molecular weight is 213 g/mol. The van der Waals surface area contributed by atoms with Gasteiger partial charge in [0, 0.05) is 12.6 Å². The van der Waals surface area contributed by atoms with Gasteiger partial charge in [-0.15, -0.1) is 0 Å². The summed E-state index contributed by atoms with van der Waals surface area (Å²) in [6.45, 7) is 0. The normalized spacial score (nSPS) is 28.2. The highest BCUT2D eigenvalue weighted by Crippen LogP contribution is 2.38. The van der Waals surface area contributed by atoms with E-state index >= 15 is 0 Å². The SMILES string of the molecule is NC(=S)N1N=CC[C@@]1(O)C(F)(F)F. The summed E-state index contributed by atoms with van der Waals surface area (Å²) < 4.78 is 36.8. The maximum atomic E-state index is 12.3. The summed E-state index contributed by atoms with van der Waals surface area (Å²) in [4.78, 5) is 0. The van der Waals surface area contributed by atoms with E-state index in [1.165, 1.54) is 0 Å². The maximum absolute atomic E-state index is 12.3. The topological polar surface area (TPSA) is 61.8 Å². The van der Waals surface area contributed by atoms with Gasteiger partial charge in [-0.2, -0.15) is 23.3 Å². The van der Waals surface area contributed by atoms with Gasteiger partial charge in [0.05, 0.1) is 0 Å². The minimum absolute atomic E-state index is 0.183. The van der Waals surface area contributed by atoms with Crippen LogP contribution >= 0.6 is 12.2 Å². The Hall–Kier alpha value is -0.890. The van der Waals surface area contributed by atoms with Crippen molar-refractivity contribution in [3.8, 4) is 0 Å². The smallest absolute Gasteiger partial charge is 0.375 e. The molecule has 0 bridgehead atoms. The standard InChI is InChI=1S/C5H6F3N3OS/c6-5(7,8)4(12)1-2-10-11(4)3(9)13/h2,12H,1H2,(H2,9,13)/t4-/m1/s1. The van der Waals surface area contributed by atoms with Crippen molar-refractivity contribution in [1.29, 1.82) is 0 Å². The highest BCUT2D eigenvalue weighted by molar-refractivity contribution is 7.80. The highest BCUT2D eigenvalue weighted by atomic mass is 32.1. The van der Waals surface area contributed by atoms with E-state index in [1.54, 1.807) is 0 Å². The minimum Gasteiger partial charge on any atom is -0.375 e. The average Bonchev–Trinajstić information content (AvgIpc) is 2.30. The molecule has 0 aromatic rings. The third-order valence-electron chi connectivity index (χ3n) is 1.59. The quantitative estimate of drug-likeness (QED) is 0.563. The molecule has 0 saturated carbocycles. The predicted molar refractivity (Wildman–Crippen MR) is 42.7 cm³/mol. The van der Waals surface area contributed by atoms with Crippen molar-refractivity contribution in [3.63, 3.8) is 0 Å². The molecule has 1 aliphatic rings. The maximum Gasteiger partial charge on any atom is 0.438 e. The van der Waals surface area contributed by atoms with E-state index in [4.69, 9.17) is 10.8 Å². The first-order valence-electron chi connectivity index (χ1n) is 3.20. The van der Waals surface area contributed by atoms with Crippen LogP contribution in [-0.2, 0) is 0 Å². The zero-order valence-corrected chi connectivity index (χ0v) is 7.06. The zero-order valence-electron chi connectivity index (χ0n) is 6.25. The molecule has 74 valence electrons. The molecule has 0 aliphatic carbocycles. The molecule has 1 atom stereocenters. The van der Waals surface area contributed by atoms with Crippen molar-refractivity contribution in [2.75, 3.05) is 0 Å². The molecule has 1 aliphatic heterocycles. The molecule has 0 fully saturated rings. The summed E-state index contributed by atoms with van der Waals surface area (Å²) >= 11 is 4.30. The summed E-state index contributed by atoms with van der Waals surface area (Å²) in [6.07, 6.45) is -4.60. The first kappa shape index (κ1) is 10.2. The summed E-state index contributed by atoms with van der Waals surface area (Å²) in [5.74, 6) is 0. The van der Waals surface area contributed by atoms with Crippen molar-refractivity contribution in [3.05, 3.63) is 0 Å². The van der Waals surface area contributed by atoms with E-state index in [2.05, 4.69) is 17.3 Å². The first-order chi connectivity index (χ1) is 5.79. The van der Waals surface area contributed by atoms with Gasteiger partial charge < -0.3 is 10.8 Å². The number of thiocarbonyl (C=S) groups is 1. The largest absolute Gasteiger partial charge is 0.438 e. The van der Waals surface area contributed by atoms with E-state index in [1.807, 2.05) is 0 Å². The van der Waals surface area contributed by atoms with Gasteiger partial charge in [-0.1, -0.05) is 0 Å². The van der Waals surface area contributed by atoms with Crippen LogP contribution in [-0.4, -0.2) is 33.3 Å². The lowest BCUT2D eigenvalue weighted by molar-refractivity contribution is -0.294. The van der Waals surface area contributed by atoms with Crippen LogP contribution in [0.25, 0.3) is 0 Å². The third-order valence-corrected chi connectivity index (χ3v) is 1.76. The summed E-state index contributed by atoms with van der Waals surface area (Å²) in [6, 6.07) is 0. The lowest BCUT2D eigenvalue weighted by Crippen LogP contribution is -2.57. The molecule has 0 aromatic heterocycles. The van der Waals surface area contributed by atoms with E-state index in [-0.39, 0.29) is 5.01 Å². The lowest BCUT2D eigenvalue weighted by atomic mass is 10.1. The van der Waals surface area contributed by atoms with Gasteiger partial charge in [-0.3, -0.25) is 0 Å². The number of nitrogens with two attached hydrogens (primary N) is 1. The molecule has 1 heterocycles. The molecule has 3 N–H and O–H groups in total. The van der Waals surface area contributed by atoms with Gasteiger partial charge >= 0.3 is 6.18 Å². The second-order valence-corrected chi connectivity index (χ2v) is 2.88. The molecule has 1 rings (SSSR count). The Morgan fingerprint density at radius 1 is 1.69 bits per heavy atom. The number of halogens is 3. The Balaban J connectivity index is 2.99. The first-order valence-corrected chi connectivity index (χ1v) is 3.61. The number of alkyl halides is 3. The monoisotopic (exact) mass is 213 g/mol. The number of nitrogens with zero attached hydrogens (tertiary/aromatic N) is 2.